The van der Waals surface area contributed by atoms with Crippen LogP contribution in [0.2, 0.25) is 0 Å². The largest absolute Gasteiger partial charge is 0.462 e. The molecule has 2 unspecified atom stereocenters. The maximum absolute atomic E-state index is 13.1. The number of benzene rings is 2. The van der Waals surface area contributed by atoms with E-state index in [0.717, 1.165) is 11.3 Å². The molecule has 1 aliphatic rings. The lowest BCUT2D eigenvalue weighted by Gasteiger charge is -2.31. The standard InChI is InChI=1S/C22H29NO6.C11H15NO2/c1-15-11-12-22(13-15,14-27-16(2)24)28-19(25)18(17-9-7-6-8-10-17)23-20(26)29-21(3,4)5;1-11(2,3)14-10(13)12-9-7-5-4-6-8-9/h6-10,18H,1,11-14H2,2-5H3,(H,23,26);4-8H,1-3H3,(H,12,13). The van der Waals surface area contributed by atoms with Crippen molar-refractivity contribution >= 4 is 29.8 Å². The maximum atomic E-state index is 13.1. The van der Waals surface area contributed by atoms with E-state index in [1.54, 1.807) is 45.0 Å². The third kappa shape index (κ3) is 13.5. The fourth-order valence-electron chi connectivity index (χ4n) is 4.07. The van der Waals surface area contributed by atoms with Crippen molar-refractivity contribution in [1.82, 2.24) is 5.32 Å². The Labute approximate surface area is 254 Å². The molecule has 0 aromatic heterocycles. The van der Waals surface area contributed by atoms with Gasteiger partial charge in [0.1, 0.15) is 23.4 Å². The molecule has 2 N–H and O–H groups in total. The van der Waals surface area contributed by atoms with Crippen molar-refractivity contribution in [3.05, 3.63) is 78.4 Å². The number of para-hydroxylation sites is 1. The molecule has 0 saturated heterocycles. The summed E-state index contributed by atoms with van der Waals surface area (Å²) < 4.78 is 21.3. The first kappa shape index (κ1) is 34.9. The average molecular weight is 597 g/mol. The number of carbonyl (C=O) groups excluding carboxylic acids is 4. The molecule has 234 valence electrons. The van der Waals surface area contributed by atoms with E-state index in [2.05, 4.69) is 17.2 Å². The highest BCUT2D eigenvalue weighted by molar-refractivity contribution is 5.85. The number of nitrogens with one attached hydrogen (secondary N) is 2. The summed E-state index contributed by atoms with van der Waals surface area (Å²) in [4.78, 5) is 48.0. The zero-order chi connectivity index (χ0) is 32.3. The lowest BCUT2D eigenvalue weighted by Crippen LogP contribution is -2.44. The SMILES string of the molecule is C=C1CCC(COC(C)=O)(OC(=O)C(NC(=O)OC(C)(C)C)c2ccccc2)C1.CC(C)(C)OC(=O)Nc1ccccc1. The quantitative estimate of drug-likeness (QED) is 0.201. The molecule has 10 nitrogen and oxygen atoms in total. The van der Waals surface area contributed by atoms with Crippen molar-refractivity contribution in [2.24, 2.45) is 0 Å². The van der Waals surface area contributed by atoms with Crippen LogP contribution < -0.4 is 10.6 Å². The molecule has 1 aliphatic carbocycles. The Morgan fingerprint density at radius 1 is 0.860 bits per heavy atom. The Morgan fingerprint density at radius 3 is 1.88 bits per heavy atom. The molecule has 2 amide bonds. The number of amides is 2. The van der Waals surface area contributed by atoms with Crippen LogP contribution in [0.1, 0.15) is 79.3 Å². The van der Waals surface area contributed by atoms with Crippen molar-refractivity contribution < 1.29 is 38.1 Å². The average Bonchev–Trinajstić information content (AvgIpc) is 3.25. The zero-order valence-electron chi connectivity index (χ0n) is 26.2. The van der Waals surface area contributed by atoms with Gasteiger partial charge in [0.05, 0.1) is 0 Å². The van der Waals surface area contributed by atoms with Gasteiger partial charge in [-0.1, -0.05) is 60.7 Å². The number of esters is 2. The molecule has 0 bridgehead atoms. The van der Waals surface area contributed by atoms with Crippen LogP contribution in [0.5, 0.6) is 0 Å². The van der Waals surface area contributed by atoms with Gasteiger partial charge in [0.2, 0.25) is 0 Å². The predicted octanol–water partition coefficient (Wildman–Crippen LogP) is 6.87. The monoisotopic (exact) mass is 596 g/mol. The zero-order valence-corrected chi connectivity index (χ0v) is 26.2. The Balaban J connectivity index is 0.000000385. The number of carbonyl (C=O) groups is 4. The number of hydrogen-bond donors (Lipinski definition) is 2. The minimum absolute atomic E-state index is 0.0545. The molecular formula is C33H44N2O8. The first-order chi connectivity index (χ1) is 20.0. The Kier molecular flexibility index (Phi) is 12.3. The Morgan fingerprint density at radius 2 is 1.40 bits per heavy atom. The molecule has 0 spiro atoms. The van der Waals surface area contributed by atoms with Crippen LogP contribution in [-0.2, 0) is 28.5 Å². The molecule has 0 aliphatic heterocycles. The first-order valence-electron chi connectivity index (χ1n) is 14.1. The van der Waals surface area contributed by atoms with E-state index >= 15 is 0 Å². The molecule has 1 fully saturated rings. The van der Waals surface area contributed by atoms with Crippen LogP contribution in [0.3, 0.4) is 0 Å². The van der Waals surface area contributed by atoms with Crippen molar-refractivity contribution in [3.8, 4) is 0 Å². The van der Waals surface area contributed by atoms with Gasteiger partial charge in [-0.25, -0.2) is 14.4 Å². The van der Waals surface area contributed by atoms with E-state index in [4.69, 9.17) is 18.9 Å². The second kappa shape index (κ2) is 15.2. The van der Waals surface area contributed by atoms with Gasteiger partial charge in [-0.05, 0) is 72.1 Å². The summed E-state index contributed by atoms with van der Waals surface area (Å²) in [6.07, 6.45) is 0.417. The number of ether oxygens (including phenoxy) is 4. The van der Waals surface area contributed by atoms with Crippen LogP contribution in [0, 0.1) is 0 Å². The minimum atomic E-state index is -1.06. The molecule has 43 heavy (non-hydrogen) atoms. The molecule has 0 radical (unpaired) electrons. The van der Waals surface area contributed by atoms with Crippen molar-refractivity contribution in [2.45, 2.75) is 90.6 Å². The van der Waals surface area contributed by atoms with Crippen LogP contribution in [0.4, 0.5) is 15.3 Å². The van der Waals surface area contributed by atoms with Gasteiger partial charge < -0.3 is 24.3 Å². The minimum Gasteiger partial charge on any atom is -0.462 e. The van der Waals surface area contributed by atoms with E-state index in [9.17, 15) is 19.2 Å². The smallest absolute Gasteiger partial charge is 0.412 e. The lowest BCUT2D eigenvalue weighted by molar-refractivity contribution is -0.173. The number of anilines is 1. The molecule has 10 heteroatoms. The van der Waals surface area contributed by atoms with Gasteiger partial charge in [0, 0.05) is 19.0 Å². The topological polar surface area (TPSA) is 129 Å². The van der Waals surface area contributed by atoms with Gasteiger partial charge in [-0.2, -0.15) is 0 Å². The summed E-state index contributed by atoms with van der Waals surface area (Å²) in [6, 6.07) is 16.9. The summed E-state index contributed by atoms with van der Waals surface area (Å²) in [5, 5.41) is 5.23. The molecule has 2 aromatic carbocycles. The van der Waals surface area contributed by atoms with Gasteiger partial charge in [-0.3, -0.25) is 10.1 Å². The van der Waals surface area contributed by atoms with Crippen molar-refractivity contribution in [1.29, 1.82) is 0 Å². The van der Waals surface area contributed by atoms with E-state index in [0.29, 0.717) is 24.8 Å². The predicted molar refractivity (Wildman–Crippen MR) is 163 cm³/mol. The molecule has 0 heterocycles. The summed E-state index contributed by atoms with van der Waals surface area (Å²) in [5.41, 5.74) is 0.0573. The number of alkyl carbamates (subject to hydrolysis) is 1. The van der Waals surface area contributed by atoms with Crippen LogP contribution in [0.15, 0.2) is 72.8 Å². The second-order valence-corrected chi connectivity index (χ2v) is 12.3. The molecule has 2 atom stereocenters. The molecule has 3 rings (SSSR count). The lowest BCUT2D eigenvalue weighted by atomic mass is 10.0. The van der Waals surface area contributed by atoms with Gasteiger partial charge in [0.25, 0.3) is 0 Å². The highest BCUT2D eigenvalue weighted by atomic mass is 16.6. The van der Waals surface area contributed by atoms with Gasteiger partial charge >= 0.3 is 24.1 Å². The van der Waals surface area contributed by atoms with Crippen LogP contribution in [-0.4, -0.2) is 47.5 Å². The maximum Gasteiger partial charge on any atom is 0.412 e. The molecule has 1 saturated carbocycles. The fraction of sp³-hybridized carbons (Fsp3) is 0.455. The summed E-state index contributed by atoms with van der Waals surface area (Å²) in [5.74, 6) is -1.10. The van der Waals surface area contributed by atoms with E-state index in [-0.39, 0.29) is 6.61 Å². The van der Waals surface area contributed by atoms with E-state index in [1.165, 1.54) is 6.92 Å². The Bertz CT molecular complexity index is 1250. The highest BCUT2D eigenvalue weighted by Crippen LogP contribution is 2.38. The van der Waals surface area contributed by atoms with E-state index < -0.39 is 47.0 Å². The number of rotatable bonds is 7. The van der Waals surface area contributed by atoms with Crippen molar-refractivity contribution in [3.63, 3.8) is 0 Å². The third-order valence-electron chi connectivity index (χ3n) is 5.81. The van der Waals surface area contributed by atoms with Crippen LogP contribution in [0.25, 0.3) is 0 Å². The highest BCUT2D eigenvalue weighted by Gasteiger charge is 2.43. The second-order valence-electron chi connectivity index (χ2n) is 12.3. The fourth-order valence-corrected chi connectivity index (χ4v) is 4.07. The summed E-state index contributed by atoms with van der Waals surface area (Å²) in [7, 11) is 0. The summed E-state index contributed by atoms with van der Waals surface area (Å²) in [6.45, 7) is 15.9. The van der Waals surface area contributed by atoms with Gasteiger partial charge in [-0.15, -0.1) is 0 Å². The first-order valence-corrected chi connectivity index (χ1v) is 14.1. The third-order valence-corrected chi connectivity index (χ3v) is 5.81. The number of hydrogen-bond acceptors (Lipinski definition) is 8. The summed E-state index contributed by atoms with van der Waals surface area (Å²) >= 11 is 0. The van der Waals surface area contributed by atoms with E-state index in [1.807, 2.05) is 57.2 Å². The van der Waals surface area contributed by atoms with Crippen LogP contribution >= 0.6 is 0 Å². The van der Waals surface area contributed by atoms with Gasteiger partial charge in [0.15, 0.2) is 6.04 Å². The molecule has 2 aromatic rings. The normalized spacial score (nSPS) is 17.0. The molecular weight excluding hydrogens is 552 g/mol. The van der Waals surface area contributed by atoms with Crippen molar-refractivity contribution in [2.75, 3.05) is 11.9 Å². The Hall–Kier alpha value is -4.34.